The molecule has 0 unspecified atom stereocenters. The van der Waals surface area contributed by atoms with Crippen molar-refractivity contribution >= 4 is 11.6 Å². The fourth-order valence-corrected chi connectivity index (χ4v) is 1.60. The summed E-state index contributed by atoms with van der Waals surface area (Å²) in [5.74, 6) is -0.774. The average molecular weight is 238 g/mol. The molecule has 1 rings (SSSR count). The molecule has 0 aliphatic rings. The minimum atomic E-state index is -0.936. The van der Waals surface area contributed by atoms with Gasteiger partial charge in [-0.3, -0.25) is 4.79 Å². The number of nitrogens with two attached hydrogens (primary N) is 1. The number of para-hydroxylation sites is 1. The molecule has 0 radical (unpaired) electrons. The monoisotopic (exact) mass is 238 g/mol. The number of amides is 1. The number of hydrogen-bond acceptors (Lipinski definition) is 2. The Bertz CT molecular complexity index is 394. The third-order valence-corrected chi connectivity index (χ3v) is 3.17. The average Bonchev–Trinajstić information content (AvgIpc) is 2.32. The summed E-state index contributed by atoms with van der Waals surface area (Å²) in [5.41, 5.74) is 5.92. The summed E-state index contributed by atoms with van der Waals surface area (Å²) >= 11 is 0. The van der Waals surface area contributed by atoms with Crippen LogP contribution >= 0.6 is 0 Å². The van der Waals surface area contributed by atoms with Crippen molar-refractivity contribution in [3.63, 3.8) is 0 Å². The van der Waals surface area contributed by atoms with Crippen molar-refractivity contribution in [3.8, 4) is 0 Å². The summed E-state index contributed by atoms with van der Waals surface area (Å²) in [5, 5.41) is 2.58. The molecular formula is C13H19FN2O. The topological polar surface area (TPSA) is 55.1 Å². The molecule has 0 atom stereocenters. The number of halogens is 1. The lowest BCUT2D eigenvalue weighted by molar-refractivity contribution is -0.121. The van der Waals surface area contributed by atoms with Gasteiger partial charge in [0.25, 0.3) is 0 Å². The van der Waals surface area contributed by atoms with Crippen LogP contribution in [-0.4, -0.2) is 11.4 Å². The van der Waals surface area contributed by atoms with E-state index < -0.39 is 11.4 Å². The predicted molar refractivity (Wildman–Crippen MR) is 67.3 cm³/mol. The summed E-state index contributed by atoms with van der Waals surface area (Å²) in [6.45, 7) is 5.43. The number of aryl methyl sites for hydroxylation is 1. The lowest BCUT2D eigenvalue weighted by Gasteiger charge is -2.25. The van der Waals surface area contributed by atoms with Gasteiger partial charge >= 0.3 is 0 Å². The van der Waals surface area contributed by atoms with Crippen molar-refractivity contribution in [2.24, 2.45) is 5.73 Å². The molecule has 0 saturated heterocycles. The van der Waals surface area contributed by atoms with Crippen LogP contribution in [0.25, 0.3) is 0 Å². The molecule has 0 heterocycles. The number of carbonyl (C=O) groups is 1. The molecule has 94 valence electrons. The van der Waals surface area contributed by atoms with Gasteiger partial charge in [0.15, 0.2) is 0 Å². The van der Waals surface area contributed by atoms with Gasteiger partial charge < -0.3 is 11.1 Å². The normalized spacial score (nSPS) is 11.4. The van der Waals surface area contributed by atoms with Crippen LogP contribution in [0, 0.1) is 12.7 Å². The van der Waals surface area contributed by atoms with Gasteiger partial charge in [0.05, 0.1) is 11.2 Å². The van der Waals surface area contributed by atoms with Crippen molar-refractivity contribution in [2.75, 3.05) is 5.32 Å². The molecule has 0 aliphatic heterocycles. The highest BCUT2D eigenvalue weighted by Crippen LogP contribution is 2.21. The zero-order valence-corrected chi connectivity index (χ0v) is 10.5. The summed E-state index contributed by atoms with van der Waals surface area (Å²) in [4.78, 5) is 12.0. The molecule has 17 heavy (non-hydrogen) atoms. The van der Waals surface area contributed by atoms with Gasteiger partial charge in [0, 0.05) is 0 Å². The van der Waals surface area contributed by atoms with Gasteiger partial charge in [-0.05, 0) is 31.4 Å². The molecule has 3 N–H and O–H groups in total. The smallest absolute Gasteiger partial charge is 0.244 e. The predicted octanol–water partition coefficient (Wildman–Crippen LogP) is 2.59. The number of rotatable bonds is 4. The zero-order chi connectivity index (χ0) is 13.1. The SMILES string of the molecule is CCC(N)(CC)C(=O)Nc1c(C)cccc1F. The lowest BCUT2D eigenvalue weighted by Crippen LogP contribution is -2.50. The molecule has 0 saturated carbocycles. The Morgan fingerprint density at radius 2 is 2.00 bits per heavy atom. The van der Waals surface area contributed by atoms with E-state index in [0.29, 0.717) is 18.4 Å². The second-order valence-electron chi connectivity index (χ2n) is 4.25. The lowest BCUT2D eigenvalue weighted by atomic mass is 9.93. The Morgan fingerprint density at radius 1 is 1.41 bits per heavy atom. The third-order valence-electron chi connectivity index (χ3n) is 3.17. The molecule has 1 aromatic rings. The van der Waals surface area contributed by atoms with Crippen LogP contribution in [0.5, 0.6) is 0 Å². The van der Waals surface area contributed by atoms with Gasteiger partial charge in [-0.2, -0.15) is 0 Å². The largest absolute Gasteiger partial charge is 0.322 e. The van der Waals surface area contributed by atoms with E-state index in [1.54, 1.807) is 19.1 Å². The van der Waals surface area contributed by atoms with Crippen LogP contribution in [0.3, 0.4) is 0 Å². The fourth-order valence-electron chi connectivity index (χ4n) is 1.60. The maximum atomic E-state index is 13.6. The first-order chi connectivity index (χ1) is 7.94. The molecule has 0 aromatic heterocycles. The highest BCUT2D eigenvalue weighted by molar-refractivity contribution is 5.98. The molecule has 0 fully saturated rings. The standard InChI is InChI=1S/C13H19FN2O/c1-4-13(15,5-2)12(17)16-11-9(3)7-6-8-10(11)14/h6-8H,4-5,15H2,1-3H3,(H,16,17). The van der Waals surface area contributed by atoms with Gasteiger partial charge in [-0.1, -0.05) is 26.0 Å². The van der Waals surface area contributed by atoms with E-state index in [-0.39, 0.29) is 11.6 Å². The van der Waals surface area contributed by atoms with E-state index in [1.165, 1.54) is 6.07 Å². The Balaban J connectivity index is 2.96. The van der Waals surface area contributed by atoms with Crippen LogP contribution in [0.2, 0.25) is 0 Å². The maximum Gasteiger partial charge on any atom is 0.244 e. The number of benzene rings is 1. The minimum Gasteiger partial charge on any atom is -0.322 e. The van der Waals surface area contributed by atoms with Crippen molar-refractivity contribution in [3.05, 3.63) is 29.6 Å². The van der Waals surface area contributed by atoms with Crippen LogP contribution in [-0.2, 0) is 4.79 Å². The Kier molecular flexibility index (Phi) is 4.23. The van der Waals surface area contributed by atoms with E-state index in [0.717, 1.165) is 0 Å². The van der Waals surface area contributed by atoms with Crippen LogP contribution in [0.15, 0.2) is 18.2 Å². The quantitative estimate of drug-likeness (QED) is 0.847. The number of nitrogens with one attached hydrogen (secondary N) is 1. The molecular weight excluding hydrogens is 219 g/mol. The Labute approximate surface area is 101 Å². The van der Waals surface area contributed by atoms with Crippen molar-refractivity contribution in [2.45, 2.75) is 39.2 Å². The molecule has 1 amide bonds. The second kappa shape index (κ2) is 5.27. The van der Waals surface area contributed by atoms with Gasteiger partial charge in [0.2, 0.25) is 5.91 Å². The van der Waals surface area contributed by atoms with E-state index in [1.807, 2.05) is 13.8 Å². The first kappa shape index (κ1) is 13.6. The first-order valence-electron chi connectivity index (χ1n) is 5.80. The van der Waals surface area contributed by atoms with E-state index in [2.05, 4.69) is 5.32 Å². The summed E-state index contributed by atoms with van der Waals surface area (Å²) in [6, 6.07) is 4.67. The zero-order valence-electron chi connectivity index (χ0n) is 10.5. The van der Waals surface area contributed by atoms with Crippen molar-refractivity contribution in [1.29, 1.82) is 0 Å². The van der Waals surface area contributed by atoms with Gasteiger partial charge in [-0.25, -0.2) is 4.39 Å². The summed E-state index contributed by atoms with van der Waals surface area (Å²) in [6.07, 6.45) is 1.03. The highest BCUT2D eigenvalue weighted by Gasteiger charge is 2.30. The number of hydrogen-bond donors (Lipinski definition) is 2. The van der Waals surface area contributed by atoms with Crippen molar-refractivity contribution < 1.29 is 9.18 Å². The molecule has 0 aliphatic carbocycles. The van der Waals surface area contributed by atoms with Crippen LogP contribution in [0.1, 0.15) is 32.3 Å². The second-order valence-corrected chi connectivity index (χ2v) is 4.25. The number of anilines is 1. The Hall–Kier alpha value is -1.42. The van der Waals surface area contributed by atoms with E-state index in [4.69, 9.17) is 5.73 Å². The van der Waals surface area contributed by atoms with Crippen LogP contribution in [0.4, 0.5) is 10.1 Å². The Morgan fingerprint density at radius 3 is 2.47 bits per heavy atom. The summed E-state index contributed by atoms with van der Waals surface area (Å²) in [7, 11) is 0. The van der Waals surface area contributed by atoms with E-state index in [9.17, 15) is 9.18 Å². The minimum absolute atomic E-state index is 0.217. The van der Waals surface area contributed by atoms with Gasteiger partial charge in [0.1, 0.15) is 5.82 Å². The van der Waals surface area contributed by atoms with Crippen molar-refractivity contribution in [1.82, 2.24) is 0 Å². The molecule has 0 spiro atoms. The van der Waals surface area contributed by atoms with Gasteiger partial charge in [-0.15, -0.1) is 0 Å². The fraction of sp³-hybridized carbons (Fsp3) is 0.462. The number of carbonyl (C=O) groups excluding carboxylic acids is 1. The summed E-state index contributed by atoms with van der Waals surface area (Å²) < 4.78 is 13.6. The van der Waals surface area contributed by atoms with Crippen LogP contribution < -0.4 is 11.1 Å². The third kappa shape index (κ3) is 2.82. The molecule has 0 bridgehead atoms. The molecule has 1 aromatic carbocycles. The maximum absolute atomic E-state index is 13.6. The molecule has 4 heteroatoms. The highest BCUT2D eigenvalue weighted by atomic mass is 19.1. The van der Waals surface area contributed by atoms with E-state index >= 15 is 0 Å². The molecule has 3 nitrogen and oxygen atoms in total. The first-order valence-corrected chi connectivity index (χ1v) is 5.80.